The van der Waals surface area contributed by atoms with Gasteiger partial charge in [0.05, 0.1) is 12.6 Å². The molecule has 1 fully saturated rings. The number of likely N-dealkylation sites (tertiary alicyclic amines) is 1. The Balaban J connectivity index is 1.49. The van der Waals surface area contributed by atoms with E-state index in [1.54, 1.807) is 31.2 Å². The van der Waals surface area contributed by atoms with Crippen molar-refractivity contribution in [3.8, 4) is 5.75 Å². The van der Waals surface area contributed by atoms with E-state index in [1.807, 2.05) is 49.3 Å². The molecule has 42 heavy (non-hydrogen) atoms. The number of anilines is 1. The molecule has 3 aromatic carbocycles. The van der Waals surface area contributed by atoms with Gasteiger partial charge in [-0.3, -0.25) is 14.4 Å². The van der Waals surface area contributed by atoms with Crippen molar-refractivity contribution < 1.29 is 29.0 Å². The van der Waals surface area contributed by atoms with Gasteiger partial charge in [0.15, 0.2) is 6.10 Å². The Morgan fingerprint density at radius 1 is 1.00 bits per heavy atom. The number of nitrogens with zero attached hydrogens (tertiary/aromatic N) is 2. The zero-order chi connectivity index (χ0) is 30.4. The lowest BCUT2D eigenvalue weighted by atomic mass is 9.98. The zero-order valence-corrected chi connectivity index (χ0v) is 24.0. The molecule has 1 heterocycles. The second-order valence-corrected chi connectivity index (χ2v) is 10.8. The maximum atomic E-state index is 14.6. The zero-order valence-electron chi connectivity index (χ0n) is 24.0. The second kappa shape index (κ2) is 13.5. The molecule has 222 valence electrons. The number of nitrogens with one attached hydrogen (secondary N) is 2. The highest BCUT2D eigenvalue weighted by atomic mass is 19.1. The number of carbonyl (C=O) groups excluding carboxylic acids is 3. The summed E-state index contributed by atoms with van der Waals surface area (Å²) < 4.78 is 14.6. The molecule has 9 nitrogen and oxygen atoms in total. The van der Waals surface area contributed by atoms with Crippen LogP contribution < -0.4 is 15.5 Å². The highest BCUT2D eigenvalue weighted by Gasteiger charge is 2.43. The minimum atomic E-state index is -1.76. The number of aliphatic hydroxyl groups excluding tert-OH is 1. The summed E-state index contributed by atoms with van der Waals surface area (Å²) in [5, 5.41) is 26.8. The van der Waals surface area contributed by atoms with Crippen LogP contribution in [0, 0.1) is 6.92 Å². The lowest BCUT2D eigenvalue weighted by Gasteiger charge is -2.30. The van der Waals surface area contributed by atoms with E-state index in [9.17, 15) is 29.0 Å². The van der Waals surface area contributed by atoms with Crippen LogP contribution in [-0.4, -0.2) is 77.8 Å². The number of amides is 3. The van der Waals surface area contributed by atoms with Crippen LogP contribution in [0.5, 0.6) is 5.75 Å². The van der Waals surface area contributed by atoms with Gasteiger partial charge in [-0.25, -0.2) is 4.39 Å². The molecule has 0 spiro atoms. The van der Waals surface area contributed by atoms with Gasteiger partial charge in [0.25, 0.3) is 11.8 Å². The summed E-state index contributed by atoms with van der Waals surface area (Å²) in [4.78, 5) is 42.9. The number of aliphatic hydroxyl groups is 1. The van der Waals surface area contributed by atoms with Gasteiger partial charge in [0.2, 0.25) is 5.91 Å². The average Bonchev–Trinajstić information content (AvgIpc) is 3.38. The minimum absolute atomic E-state index is 0.0626. The molecule has 1 aliphatic heterocycles. The highest BCUT2D eigenvalue weighted by molar-refractivity contribution is 5.97. The van der Waals surface area contributed by atoms with Crippen molar-refractivity contribution >= 4 is 23.4 Å². The molecule has 0 bridgehead atoms. The molecule has 0 radical (unpaired) electrons. The number of hydrogen-bond acceptors (Lipinski definition) is 6. The summed E-state index contributed by atoms with van der Waals surface area (Å²) in [6.07, 6.45) is -3.29. The number of alkyl halides is 1. The van der Waals surface area contributed by atoms with E-state index in [2.05, 4.69) is 10.6 Å². The predicted molar refractivity (Wildman–Crippen MR) is 158 cm³/mol. The monoisotopic (exact) mass is 576 g/mol. The quantitative estimate of drug-likeness (QED) is 0.295. The summed E-state index contributed by atoms with van der Waals surface area (Å²) in [6, 6.07) is 18.9. The fourth-order valence-electron chi connectivity index (χ4n) is 5.06. The van der Waals surface area contributed by atoms with Gasteiger partial charge in [-0.1, -0.05) is 48.5 Å². The average molecular weight is 577 g/mol. The third-order valence-electron chi connectivity index (χ3n) is 7.55. The van der Waals surface area contributed by atoms with Crippen LogP contribution >= 0.6 is 0 Å². The van der Waals surface area contributed by atoms with Crippen LogP contribution in [0.2, 0.25) is 0 Å². The Bertz CT molecular complexity index is 1400. The third-order valence-corrected chi connectivity index (χ3v) is 7.55. The molecule has 1 aliphatic rings. The first-order valence-corrected chi connectivity index (χ1v) is 13.8. The van der Waals surface area contributed by atoms with Crippen LogP contribution in [0.3, 0.4) is 0 Å². The summed E-state index contributed by atoms with van der Waals surface area (Å²) in [6.45, 7) is 1.44. The first-order valence-electron chi connectivity index (χ1n) is 13.8. The van der Waals surface area contributed by atoms with Crippen molar-refractivity contribution in [1.82, 2.24) is 15.5 Å². The smallest absolute Gasteiger partial charge is 0.254 e. The van der Waals surface area contributed by atoms with E-state index in [0.717, 1.165) is 21.7 Å². The summed E-state index contributed by atoms with van der Waals surface area (Å²) in [5.41, 5.74) is 3.13. The number of phenolic OH excluding ortho intramolecular Hbond substituents is 1. The molecule has 10 heteroatoms. The van der Waals surface area contributed by atoms with Crippen LogP contribution in [0.4, 0.5) is 10.1 Å². The SMILES string of the molecule is Cc1c(O)cccc1C(=O)N[C@@H](Cc1ccccc1)[C@H](O)C(=O)N1C[C@@H](F)C[C@H]1C(=O)NCc1ccc(N(C)C)cc1. The van der Waals surface area contributed by atoms with Gasteiger partial charge in [-0.2, -0.15) is 0 Å². The normalized spacial score (nSPS) is 17.8. The number of phenols is 1. The van der Waals surface area contributed by atoms with Gasteiger partial charge in [-0.05, 0) is 48.7 Å². The van der Waals surface area contributed by atoms with E-state index < -0.39 is 42.1 Å². The van der Waals surface area contributed by atoms with E-state index >= 15 is 0 Å². The topological polar surface area (TPSA) is 122 Å². The molecule has 0 unspecified atom stereocenters. The van der Waals surface area contributed by atoms with E-state index in [0.29, 0.717) is 5.56 Å². The van der Waals surface area contributed by atoms with Crippen LogP contribution in [-0.2, 0) is 22.6 Å². The first-order chi connectivity index (χ1) is 20.0. The first kappa shape index (κ1) is 30.5. The summed E-state index contributed by atoms with van der Waals surface area (Å²) >= 11 is 0. The maximum absolute atomic E-state index is 14.6. The standard InChI is InChI=1S/C32H37FN4O5/c1-20-25(10-7-11-28(20)38)30(40)35-26(16-21-8-5-4-6-9-21)29(39)32(42)37-19-23(33)17-27(37)31(41)34-18-22-12-14-24(15-13-22)36(2)3/h4-15,23,26-27,29,38-39H,16-19H2,1-3H3,(H,34,41)(H,35,40)/t23-,26-,27-,29-/m0/s1. The number of rotatable bonds is 10. The number of benzene rings is 3. The molecule has 4 atom stereocenters. The van der Waals surface area contributed by atoms with Gasteiger partial charge >= 0.3 is 0 Å². The molecule has 0 saturated carbocycles. The van der Waals surface area contributed by atoms with E-state index in [1.165, 1.54) is 18.2 Å². The van der Waals surface area contributed by atoms with Crippen LogP contribution in [0.1, 0.15) is 33.5 Å². The third kappa shape index (κ3) is 7.25. The Hall–Kier alpha value is -4.44. The Morgan fingerprint density at radius 2 is 1.69 bits per heavy atom. The molecule has 4 N–H and O–H groups in total. The maximum Gasteiger partial charge on any atom is 0.254 e. The Kier molecular flexibility index (Phi) is 9.80. The fraction of sp³-hybridized carbons (Fsp3) is 0.344. The molecule has 0 aliphatic carbocycles. The molecular formula is C32H37FN4O5. The van der Waals surface area contributed by atoms with Gasteiger partial charge in [0, 0.05) is 43.9 Å². The number of hydrogen-bond donors (Lipinski definition) is 4. The number of halogens is 1. The van der Waals surface area contributed by atoms with E-state index in [4.69, 9.17) is 0 Å². The summed E-state index contributed by atoms with van der Waals surface area (Å²) in [5.74, 6) is -2.02. The predicted octanol–water partition coefficient (Wildman–Crippen LogP) is 2.72. The van der Waals surface area contributed by atoms with Crippen LogP contribution in [0.25, 0.3) is 0 Å². The second-order valence-electron chi connectivity index (χ2n) is 10.8. The fourth-order valence-corrected chi connectivity index (χ4v) is 5.06. The van der Waals surface area contributed by atoms with Gasteiger partial charge < -0.3 is 30.6 Å². The summed E-state index contributed by atoms with van der Waals surface area (Å²) in [7, 11) is 3.85. The van der Waals surface area contributed by atoms with Crippen molar-refractivity contribution in [3.05, 3.63) is 95.1 Å². The molecule has 1 saturated heterocycles. The van der Waals surface area contributed by atoms with Gasteiger partial charge in [-0.15, -0.1) is 0 Å². The van der Waals surface area contributed by atoms with Crippen molar-refractivity contribution in [2.24, 2.45) is 0 Å². The number of aromatic hydroxyl groups is 1. The van der Waals surface area contributed by atoms with Crippen molar-refractivity contribution in [2.75, 3.05) is 25.5 Å². The lowest BCUT2D eigenvalue weighted by Crippen LogP contribution is -2.55. The minimum Gasteiger partial charge on any atom is -0.508 e. The van der Waals surface area contributed by atoms with E-state index in [-0.39, 0.29) is 37.2 Å². The largest absolute Gasteiger partial charge is 0.508 e. The lowest BCUT2D eigenvalue weighted by molar-refractivity contribution is -0.146. The molecule has 3 aromatic rings. The Morgan fingerprint density at radius 3 is 2.36 bits per heavy atom. The van der Waals surface area contributed by atoms with Crippen molar-refractivity contribution in [2.45, 2.75) is 50.7 Å². The van der Waals surface area contributed by atoms with Crippen molar-refractivity contribution in [3.63, 3.8) is 0 Å². The molecule has 0 aromatic heterocycles. The molecule has 4 rings (SSSR count). The van der Waals surface area contributed by atoms with Gasteiger partial charge in [0.1, 0.15) is 18.0 Å². The number of carbonyl (C=O) groups is 3. The highest BCUT2D eigenvalue weighted by Crippen LogP contribution is 2.24. The van der Waals surface area contributed by atoms with Crippen molar-refractivity contribution in [1.29, 1.82) is 0 Å². The van der Waals surface area contributed by atoms with Crippen LogP contribution in [0.15, 0.2) is 72.8 Å². The molecule has 3 amide bonds. The Labute approximate surface area is 245 Å². The molecular weight excluding hydrogens is 539 g/mol.